The molecule has 2 aromatic rings. The van der Waals surface area contributed by atoms with Crippen LogP contribution in [0.2, 0.25) is 0 Å². The third kappa shape index (κ3) is 4.93. The fourth-order valence-corrected chi connectivity index (χ4v) is 3.03. The molecular formula is C19H22BrN3O. The standard InChI is InChI=1S/C19H22BrN3O/c1-13-5-6-15(9-14(13)2)11-19(24)22-21-12-16-7-8-18(23(3)4)17(20)10-16/h5-10,12H,11H2,1-4H3,(H,22,24)/b21-12+. The largest absolute Gasteiger partial charge is 0.377 e. The number of nitrogens with zero attached hydrogens (tertiary/aromatic N) is 2. The number of hydrazone groups is 1. The van der Waals surface area contributed by atoms with Gasteiger partial charge in [-0.05, 0) is 64.2 Å². The summed E-state index contributed by atoms with van der Waals surface area (Å²) >= 11 is 3.53. The van der Waals surface area contributed by atoms with Gasteiger partial charge in [0.05, 0.1) is 18.3 Å². The smallest absolute Gasteiger partial charge is 0.244 e. The van der Waals surface area contributed by atoms with E-state index in [-0.39, 0.29) is 5.91 Å². The van der Waals surface area contributed by atoms with Crippen LogP contribution in [0.25, 0.3) is 0 Å². The third-order valence-corrected chi connectivity index (χ3v) is 4.43. The van der Waals surface area contributed by atoms with E-state index in [4.69, 9.17) is 0 Å². The number of nitrogens with one attached hydrogen (secondary N) is 1. The van der Waals surface area contributed by atoms with Crippen molar-refractivity contribution in [2.45, 2.75) is 20.3 Å². The number of rotatable bonds is 5. The van der Waals surface area contributed by atoms with Gasteiger partial charge in [-0.15, -0.1) is 0 Å². The first kappa shape index (κ1) is 18.2. The number of benzene rings is 2. The zero-order chi connectivity index (χ0) is 17.7. The molecule has 1 N–H and O–H groups in total. The molecule has 2 aromatic carbocycles. The van der Waals surface area contributed by atoms with Crippen molar-refractivity contribution in [3.8, 4) is 0 Å². The van der Waals surface area contributed by atoms with Gasteiger partial charge in [0, 0.05) is 18.6 Å². The molecule has 0 atom stereocenters. The van der Waals surface area contributed by atoms with Crippen molar-refractivity contribution >= 4 is 33.7 Å². The molecule has 0 aliphatic carbocycles. The first-order valence-electron chi connectivity index (χ1n) is 7.71. The first-order chi connectivity index (χ1) is 11.4. The minimum atomic E-state index is -0.126. The highest BCUT2D eigenvalue weighted by molar-refractivity contribution is 9.10. The van der Waals surface area contributed by atoms with E-state index in [0.717, 1.165) is 21.3 Å². The van der Waals surface area contributed by atoms with Gasteiger partial charge in [-0.3, -0.25) is 4.79 Å². The van der Waals surface area contributed by atoms with Gasteiger partial charge in [-0.2, -0.15) is 5.10 Å². The van der Waals surface area contributed by atoms with E-state index in [1.807, 2.05) is 62.3 Å². The molecule has 0 unspecified atom stereocenters. The minimum Gasteiger partial charge on any atom is -0.377 e. The van der Waals surface area contributed by atoms with Crippen molar-refractivity contribution in [3.63, 3.8) is 0 Å². The van der Waals surface area contributed by atoms with Gasteiger partial charge in [-0.1, -0.05) is 24.3 Å². The van der Waals surface area contributed by atoms with E-state index in [2.05, 4.69) is 33.4 Å². The van der Waals surface area contributed by atoms with Crippen molar-refractivity contribution in [1.82, 2.24) is 5.43 Å². The zero-order valence-electron chi connectivity index (χ0n) is 14.4. The molecule has 0 saturated carbocycles. The third-order valence-electron chi connectivity index (χ3n) is 3.79. The number of hydrogen-bond donors (Lipinski definition) is 1. The summed E-state index contributed by atoms with van der Waals surface area (Å²) < 4.78 is 0.984. The molecule has 0 fully saturated rings. The highest BCUT2D eigenvalue weighted by atomic mass is 79.9. The topological polar surface area (TPSA) is 44.7 Å². The van der Waals surface area contributed by atoms with Crippen LogP contribution in [0, 0.1) is 13.8 Å². The fourth-order valence-electron chi connectivity index (χ4n) is 2.28. The summed E-state index contributed by atoms with van der Waals surface area (Å²) in [5.74, 6) is -0.126. The number of aryl methyl sites for hydroxylation is 2. The van der Waals surface area contributed by atoms with E-state index in [1.54, 1.807) is 6.21 Å². The van der Waals surface area contributed by atoms with Gasteiger partial charge in [0.25, 0.3) is 0 Å². The highest BCUT2D eigenvalue weighted by Gasteiger charge is 2.04. The molecule has 0 bridgehead atoms. The number of carbonyl (C=O) groups excluding carboxylic acids is 1. The van der Waals surface area contributed by atoms with E-state index in [9.17, 15) is 4.79 Å². The van der Waals surface area contributed by atoms with E-state index < -0.39 is 0 Å². The molecule has 2 rings (SSSR count). The van der Waals surface area contributed by atoms with Crippen LogP contribution in [0.4, 0.5) is 5.69 Å². The molecule has 0 aliphatic heterocycles. The number of hydrogen-bond acceptors (Lipinski definition) is 3. The van der Waals surface area contributed by atoms with Gasteiger partial charge in [0.2, 0.25) is 5.91 Å². The average molecular weight is 388 g/mol. The second-order valence-electron chi connectivity index (χ2n) is 5.99. The van der Waals surface area contributed by atoms with E-state index in [1.165, 1.54) is 11.1 Å². The van der Waals surface area contributed by atoms with Crippen LogP contribution in [-0.4, -0.2) is 26.2 Å². The second kappa shape index (κ2) is 8.11. The molecule has 0 aliphatic rings. The van der Waals surface area contributed by atoms with E-state index >= 15 is 0 Å². The summed E-state index contributed by atoms with van der Waals surface area (Å²) in [4.78, 5) is 14.0. The van der Waals surface area contributed by atoms with Crippen LogP contribution < -0.4 is 10.3 Å². The molecule has 0 radical (unpaired) electrons. The maximum absolute atomic E-state index is 12.0. The van der Waals surface area contributed by atoms with Crippen molar-refractivity contribution in [2.24, 2.45) is 5.10 Å². The predicted molar refractivity (Wildman–Crippen MR) is 104 cm³/mol. The molecule has 0 heterocycles. The van der Waals surface area contributed by atoms with Crippen LogP contribution in [0.15, 0.2) is 46.0 Å². The minimum absolute atomic E-state index is 0.126. The van der Waals surface area contributed by atoms with Crippen LogP contribution in [0.5, 0.6) is 0 Å². The molecule has 126 valence electrons. The van der Waals surface area contributed by atoms with Crippen molar-refractivity contribution in [2.75, 3.05) is 19.0 Å². The quantitative estimate of drug-likeness (QED) is 0.625. The number of carbonyl (C=O) groups is 1. The van der Waals surface area contributed by atoms with Crippen LogP contribution in [0.3, 0.4) is 0 Å². The second-order valence-corrected chi connectivity index (χ2v) is 6.85. The monoisotopic (exact) mass is 387 g/mol. The summed E-state index contributed by atoms with van der Waals surface area (Å²) in [6.07, 6.45) is 1.96. The molecule has 5 heteroatoms. The molecular weight excluding hydrogens is 366 g/mol. The Labute approximate surface area is 151 Å². The average Bonchev–Trinajstić information content (AvgIpc) is 2.50. The van der Waals surface area contributed by atoms with Gasteiger partial charge >= 0.3 is 0 Å². The molecule has 1 amide bonds. The van der Waals surface area contributed by atoms with Gasteiger partial charge < -0.3 is 4.90 Å². The first-order valence-corrected chi connectivity index (χ1v) is 8.51. The van der Waals surface area contributed by atoms with Crippen molar-refractivity contribution < 1.29 is 4.79 Å². The number of halogens is 1. The Morgan fingerprint density at radius 3 is 2.54 bits per heavy atom. The Bertz CT molecular complexity index is 769. The lowest BCUT2D eigenvalue weighted by atomic mass is 10.0. The summed E-state index contributed by atoms with van der Waals surface area (Å²) in [6, 6.07) is 12.0. The van der Waals surface area contributed by atoms with Crippen molar-refractivity contribution in [3.05, 3.63) is 63.1 Å². The fraction of sp³-hybridized carbons (Fsp3) is 0.263. The summed E-state index contributed by atoms with van der Waals surface area (Å²) in [5.41, 5.74) is 7.98. The van der Waals surface area contributed by atoms with Gasteiger partial charge in [0.1, 0.15) is 0 Å². The Morgan fingerprint density at radius 2 is 1.92 bits per heavy atom. The SMILES string of the molecule is Cc1ccc(CC(=O)N/N=C/c2ccc(N(C)C)c(Br)c2)cc1C. The Balaban J connectivity index is 1.94. The molecule has 0 saturated heterocycles. The summed E-state index contributed by atoms with van der Waals surface area (Å²) in [6.45, 7) is 4.10. The van der Waals surface area contributed by atoms with Crippen LogP contribution in [0.1, 0.15) is 22.3 Å². The summed E-state index contributed by atoms with van der Waals surface area (Å²) in [5, 5.41) is 4.03. The molecule has 0 aromatic heterocycles. The van der Waals surface area contributed by atoms with Gasteiger partial charge in [0.15, 0.2) is 0 Å². The van der Waals surface area contributed by atoms with Crippen LogP contribution >= 0.6 is 15.9 Å². The van der Waals surface area contributed by atoms with Crippen molar-refractivity contribution in [1.29, 1.82) is 0 Å². The molecule has 24 heavy (non-hydrogen) atoms. The van der Waals surface area contributed by atoms with Gasteiger partial charge in [-0.25, -0.2) is 5.43 Å². The lowest BCUT2D eigenvalue weighted by molar-refractivity contribution is -0.120. The van der Waals surface area contributed by atoms with Crippen LogP contribution in [-0.2, 0) is 11.2 Å². The lowest BCUT2D eigenvalue weighted by Gasteiger charge is -2.14. The van der Waals surface area contributed by atoms with E-state index in [0.29, 0.717) is 6.42 Å². The normalized spacial score (nSPS) is 10.9. The molecule has 4 nitrogen and oxygen atoms in total. The maximum atomic E-state index is 12.0. The molecule has 0 spiro atoms. The maximum Gasteiger partial charge on any atom is 0.244 e. The Kier molecular flexibility index (Phi) is 6.15. The predicted octanol–water partition coefficient (Wildman–Crippen LogP) is 3.82. The number of anilines is 1. The Morgan fingerprint density at radius 1 is 1.17 bits per heavy atom. The summed E-state index contributed by atoms with van der Waals surface area (Å²) in [7, 11) is 3.97. The Hall–Kier alpha value is -2.14. The lowest BCUT2D eigenvalue weighted by Crippen LogP contribution is -2.19. The number of amides is 1. The highest BCUT2D eigenvalue weighted by Crippen LogP contribution is 2.25. The zero-order valence-corrected chi connectivity index (χ0v) is 16.0.